The maximum Gasteiger partial charge on any atom is 4.00 e. The molecule has 0 N–H and O–H groups in total. The largest absolute Gasteiger partial charge is 4.00 e. The summed E-state index contributed by atoms with van der Waals surface area (Å²) in [6.07, 6.45) is 1.92. The van der Waals surface area contributed by atoms with Crippen LogP contribution in [0.3, 0.4) is 0 Å². The molecule has 3 heterocycles. The molecule has 6 heteroatoms. The summed E-state index contributed by atoms with van der Waals surface area (Å²) in [6, 6.07) is 64.2. The van der Waals surface area contributed by atoms with E-state index in [-0.39, 0.29) is 50.2 Å². The van der Waals surface area contributed by atoms with Crippen LogP contribution >= 0.6 is 0 Å². The first kappa shape index (κ1) is 50.0. The number of aromatic nitrogens is 2. The Morgan fingerprint density at radius 1 is 0.486 bits per heavy atom. The van der Waals surface area contributed by atoms with Crippen LogP contribution in [0.15, 0.2) is 164 Å². The van der Waals surface area contributed by atoms with Crippen molar-refractivity contribution in [3.63, 3.8) is 0 Å². The van der Waals surface area contributed by atoms with E-state index in [1.165, 1.54) is 44.3 Å². The maximum atomic E-state index is 6.75. The average Bonchev–Trinajstić information content (AvgIpc) is 3.87. The molecule has 356 valence electrons. The van der Waals surface area contributed by atoms with E-state index in [2.05, 4.69) is 249 Å². The molecule has 1 aliphatic rings. The van der Waals surface area contributed by atoms with Crippen LogP contribution in [0.5, 0.6) is 11.5 Å². The third-order valence-electron chi connectivity index (χ3n) is 13.7. The molecule has 2 aromatic heterocycles. The van der Waals surface area contributed by atoms with Gasteiger partial charge in [-0.2, -0.15) is 12.1 Å². The second kappa shape index (κ2) is 18.7. The normalized spacial score (nSPS) is 13.0. The monoisotopic (exact) mass is 1100 g/mol. The summed E-state index contributed by atoms with van der Waals surface area (Å²) in [4.78, 5) is 9.51. The molecule has 0 atom stereocenters. The van der Waals surface area contributed by atoms with E-state index in [0.717, 1.165) is 45.0 Å². The number of pyridine rings is 1. The van der Waals surface area contributed by atoms with E-state index < -0.39 is 0 Å². The van der Waals surface area contributed by atoms with Crippen LogP contribution in [-0.4, -0.2) is 9.55 Å². The zero-order chi connectivity index (χ0) is 47.8. The van der Waals surface area contributed by atoms with Gasteiger partial charge in [-0.15, -0.1) is 48.1 Å². The Morgan fingerprint density at radius 2 is 1.13 bits per heavy atom. The summed E-state index contributed by atoms with van der Waals surface area (Å²) in [5.41, 5.74) is 14.4. The Bertz CT molecular complexity index is 3330. The molecule has 0 unspecified atom stereocenters. The predicted molar refractivity (Wildman–Crippen MR) is 291 cm³/mol. The van der Waals surface area contributed by atoms with Gasteiger partial charge in [-0.3, -0.25) is 0 Å². The topological polar surface area (TPSA) is 33.5 Å². The molecule has 70 heavy (non-hydrogen) atoms. The van der Waals surface area contributed by atoms with Crippen molar-refractivity contribution in [2.75, 3.05) is 9.80 Å². The second-order valence-corrected chi connectivity index (χ2v) is 22.0. The van der Waals surface area contributed by atoms with Gasteiger partial charge < -0.3 is 26.5 Å². The van der Waals surface area contributed by atoms with E-state index in [1.807, 2.05) is 24.4 Å². The van der Waals surface area contributed by atoms with Gasteiger partial charge in [0, 0.05) is 45.7 Å². The number of nitrogens with zero attached hydrogens (tertiary/aromatic N) is 4. The molecule has 5 nitrogen and oxygen atoms in total. The Morgan fingerprint density at radius 3 is 1.83 bits per heavy atom. The van der Waals surface area contributed by atoms with Crippen molar-refractivity contribution in [3.8, 4) is 28.4 Å². The van der Waals surface area contributed by atoms with E-state index in [1.54, 1.807) is 0 Å². The van der Waals surface area contributed by atoms with Crippen LogP contribution in [-0.2, 0) is 42.7 Å². The molecule has 7 aromatic carbocycles. The SMILES string of the molecule is CC(C)(C)c1ccnc(-n2c3[c-]c(Oc4[c-]c(N5[CH-]N(c6cc(-c7ccccc7)cc(C(C)(C)c7ccccc7)c6)c6cc(C(C)(C)C)ccc65)ccc4)ccc3c3cc(C(C)(C)C)ccc32)c1.[CH3-].[Pt+4]. The fraction of sp³-hybridized carbons (Fsp3) is 0.234. The van der Waals surface area contributed by atoms with Gasteiger partial charge in [0.1, 0.15) is 5.82 Å². The zero-order valence-corrected chi connectivity index (χ0v) is 45.0. The van der Waals surface area contributed by atoms with Crippen LogP contribution in [0.25, 0.3) is 38.8 Å². The molecular weight excluding hydrogens is 1040 g/mol. The van der Waals surface area contributed by atoms with E-state index in [4.69, 9.17) is 9.72 Å². The molecule has 0 aliphatic carbocycles. The standard InChI is InChI=1S/C63H61N4O.CH3.Pt/c1-60(2,3)45-25-29-55-54(36-45)53-28-27-52(40-57(53)67(55)59-38-47(31-32-64-59)62(7,8)9)68-51-24-18-23-49(39-51)65-41-66(58-37-46(61(4,5)6)26-30-56(58)65)50-34-43(42-19-14-12-15-20-42)33-48(35-50)63(10,11)44-21-16-13-17-22-44;;/h12-38,41H,1-11H3;1H3;/q-3;-1;+4. The smallest absolute Gasteiger partial charge is 0.509 e. The van der Waals surface area contributed by atoms with Gasteiger partial charge in [0.2, 0.25) is 0 Å². The number of rotatable bonds is 8. The Hall–Kier alpha value is -6.42. The summed E-state index contributed by atoms with van der Waals surface area (Å²) in [6.45, 7) is 27.2. The number of hydrogen-bond donors (Lipinski definition) is 0. The van der Waals surface area contributed by atoms with Crippen LogP contribution in [0.2, 0.25) is 0 Å². The van der Waals surface area contributed by atoms with Crippen molar-refractivity contribution in [2.45, 2.75) is 97.8 Å². The number of fused-ring (bicyclic) bond motifs is 4. The minimum Gasteiger partial charge on any atom is -0.509 e. The van der Waals surface area contributed by atoms with Crippen LogP contribution in [0, 0.1) is 26.2 Å². The van der Waals surface area contributed by atoms with Crippen molar-refractivity contribution in [3.05, 3.63) is 218 Å². The molecule has 0 radical (unpaired) electrons. The summed E-state index contributed by atoms with van der Waals surface area (Å²) in [5, 5.41) is 2.27. The summed E-state index contributed by atoms with van der Waals surface area (Å²) >= 11 is 0. The van der Waals surface area contributed by atoms with Gasteiger partial charge in [-0.25, -0.2) is 4.98 Å². The Kier molecular flexibility index (Phi) is 13.4. The second-order valence-electron chi connectivity index (χ2n) is 22.0. The molecular formula is C64H64N4OPt. The molecule has 10 rings (SSSR count). The molecule has 0 saturated carbocycles. The third kappa shape index (κ3) is 9.46. The fourth-order valence-corrected chi connectivity index (χ4v) is 9.40. The molecule has 9 aromatic rings. The first-order valence-electron chi connectivity index (χ1n) is 23.9. The Labute approximate surface area is 431 Å². The summed E-state index contributed by atoms with van der Waals surface area (Å²) in [5.74, 6) is 2.06. The first-order valence-corrected chi connectivity index (χ1v) is 23.9. The quantitative estimate of drug-likeness (QED) is 0.142. The van der Waals surface area contributed by atoms with Gasteiger partial charge >= 0.3 is 21.1 Å². The Balaban J connectivity index is 0.00000329. The minimum atomic E-state index is -0.257. The van der Waals surface area contributed by atoms with E-state index >= 15 is 0 Å². The zero-order valence-electron chi connectivity index (χ0n) is 42.7. The number of hydrogen-bond acceptors (Lipinski definition) is 4. The summed E-state index contributed by atoms with van der Waals surface area (Å²) in [7, 11) is 0. The van der Waals surface area contributed by atoms with Crippen molar-refractivity contribution in [2.24, 2.45) is 0 Å². The third-order valence-corrected chi connectivity index (χ3v) is 13.7. The average molecular weight is 1100 g/mol. The van der Waals surface area contributed by atoms with Crippen molar-refractivity contribution >= 4 is 44.6 Å². The van der Waals surface area contributed by atoms with E-state index in [9.17, 15) is 0 Å². The molecule has 0 saturated heterocycles. The van der Waals surface area contributed by atoms with Gasteiger partial charge in [0.25, 0.3) is 0 Å². The molecule has 1 aliphatic heterocycles. The number of ether oxygens (including phenoxy) is 1. The van der Waals surface area contributed by atoms with Gasteiger partial charge in [0.05, 0.1) is 0 Å². The molecule has 0 bridgehead atoms. The summed E-state index contributed by atoms with van der Waals surface area (Å²) < 4.78 is 8.98. The molecule has 0 fully saturated rings. The van der Waals surface area contributed by atoms with Crippen molar-refractivity contribution in [1.29, 1.82) is 0 Å². The van der Waals surface area contributed by atoms with Crippen molar-refractivity contribution in [1.82, 2.24) is 9.55 Å². The van der Waals surface area contributed by atoms with Crippen LogP contribution in [0.4, 0.5) is 22.7 Å². The minimum absolute atomic E-state index is 0. The number of anilines is 4. The predicted octanol–water partition coefficient (Wildman–Crippen LogP) is 17.3. The molecule has 0 spiro atoms. The van der Waals surface area contributed by atoms with Gasteiger partial charge in [0.15, 0.2) is 0 Å². The number of benzene rings is 7. The maximum absolute atomic E-state index is 6.75. The van der Waals surface area contributed by atoms with E-state index in [0.29, 0.717) is 11.5 Å². The van der Waals surface area contributed by atoms with Gasteiger partial charge in [-0.1, -0.05) is 167 Å². The van der Waals surface area contributed by atoms with Crippen molar-refractivity contribution < 1.29 is 25.8 Å². The molecule has 0 amide bonds. The first-order chi connectivity index (χ1) is 32.3. The van der Waals surface area contributed by atoms with Crippen LogP contribution in [0.1, 0.15) is 104 Å². The fourth-order valence-electron chi connectivity index (χ4n) is 9.40. The van der Waals surface area contributed by atoms with Crippen LogP contribution < -0.4 is 14.5 Å². The van der Waals surface area contributed by atoms with Gasteiger partial charge in [-0.05, 0) is 103 Å².